The first-order chi connectivity index (χ1) is 10.1. The third-order valence-electron chi connectivity index (χ3n) is 2.76. The fourth-order valence-corrected chi connectivity index (χ4v) is 4.25. The molecule has 0 unspecified atom stereocenters. The van der Waals surface area contributed by atoms with Crippen LogP contribution in [0.1, 0.15) is 5.56 Å². The molecule has 1 fully saturated rings. The number of aliphatic carboxylic acids is 1. The lowest BCUT2D eigenvalue weighted by atomic mass is 10.1. The summed E-state index contributed by atoms with van der Waals surface area (Å²) in [6, 6.07) is 7.16. The van der Waals surface area contributed by atoms with Crippen molar-refractivity contribution in [2.45, 2.75) is 0 Å². The number of hydrogen-bond acceptors (Lipinski definition) is 5. The second-order valence-electron chi connectivity index (χ2n) is 4.14. The maximum absolute atomic E-state index is 12.1. The highest BCUT2D eigenvalue weighted by Gasteiger charge is 2.24. The third kappa shape index (κ3) is 4.15. The van der Waals surface area contributed by atoms with Gasteiger partial charge in [-0.2, -0.15) is 0 Å². The minimum atomic E-state index is -1.17. The van der Waals surface area contributed by atoms with E-state index in [9.17, 15) is 14.7 Å². The normalized spacial score (nSPS) is 14.4. The summed E-state index contributed by atoms with van der Waals surface area (Å²) in [7, 11) is 1.58. The largest absolute Gasteiger partial charge is 0.497 e. The number of thioether (sulfide) groups is 2. The molecule has 0 amide bonds. The number of methoxy groups -OCH3 is 1. The second-order valence-corrected chi connectivity index (χ2v) is 6.60. The SMILES string of the molecule is COc1ccc(/C=C/C(=O)C(C(=O)O)=C2SCCS2)cc1. The number of carbonyl (C=O) groups is 2. The maximum atomic E-state index is 12.1. The van der Waals surface area contributed by atoms with Gasteiger partial charge in [0, 0.05) is 11.5 Å². The summed E-state index contributed by atoms with van der Waals surface area (Å²) >= 11 is 2.85. The number of carboxylic acid groups (broad SMARTS) is 1. The van der Waals surface area contributed by atoms with Gasteiger partial charge in [-0.05, 0) is 23.8 Å². The van der Waals surface area contributed by atoms with E-state index in [4.69, 9.17) is 4.74 Å². The van der Waals surface area contributed by atoms with Crippen molar-refractivity contribution in [2.75, 3.05) is 18.6 Å². The number of ether oxygens (including phenoxy) is 1. The number of ketones is 1. The number of allylic oxidation sites excluding steroid dienone is 1. The molecule has 0 aliphatic carbocycles. The van der Waals surface area contributed by atoms with Gasteiger partial charge in [0.15, 0.2) is 5.78 Å². The van der Waals surface area contributed by atoms with Gasteiger partial charge in [0.2, 0.25) is 0 Å². The van der Waals surface area contributed by atoms with Crippen LogP contribution in [0.15, 0.2) is 40.2 Å². The molecule has 1 aromatic carbocycles. The Hall–Kier alpha value is -1.66. The van der Waals surface area contributed by atoms with Gasteiger partial charge in [-0.25, -0.2) is 4.79 Å². The van der Waals surface area contributed by atoms with Crippen molar-refractivity contribution >= 4 is 41.4 Å². The molecular weight excluding hydrogens is 308 g/mol. The van der Waals surface area contributed by atoms with Crippen LogP contribution in [0, 0.1) is 0 Å². The molecule has 1 saturated heterocycles. The standard InChI is InChI=1S/C15H14O4S2/c1-19-11-5-2-10(3-6-11)4-7-12(16)13(14(17)18)15-20-8-9-21-15/h2-7H,8-9H2,1H3,(H,17,18)/b7-4+. The molecule has 1 aliphatic rings. The van der Waals surface area contributed by atoms with Gasteiger partial charge < -0.3 is 9.84 Å². The predicted octanol–water partition coefficient (Wildman–Crippen LogP) is 3.05. The smallest absolute Gasteiger partial charge is 0.341 e. The van der Waals surface area contributed by atoms with Gasteiger partial charge in [0.05, 0.1) is 11.3 Å². The van der Waals surface area contributed by atoms with Crippen molar-refractivity contribution in [1.82, 2.24) is 0 Å². The van der Waals surface area contributed by atoms with E-state index < -0.39 is 11.8 Å². The van der Waals surface area contributed by atoms with Crippen LogP contribution < -0.4 is 4.74 Å². The molecule has 21 heavy (non-hydrogen) atoms. The van der Waals surface area contributed by atoms with E-state index in [0.29, 0.717) is 4.24 Å². The molecule has 0 aromatic heterocycles. The molecule has 0 atom stereocenters. The summed E-state index contributed by atoms with van der Waals surface area (Å²) < 4.78 is 5.65. The number of carboxylic acids is 1. The third-order valence-corrected chi connectivity index (χ3v) is 5.47. The molecule has 0 radical (unpaired) electrons. The number of benzene rings is 1. The zero-order chi connectivity index (χ0) is 15.2. The zero-order valence-electron chi connectivity index (χ0n) is 11.4. The van der Waals surface area contributed by atoms with Crippen molar-refractivity contribution in [1.29, 1.82) is 0 Å². The van der Waals surface area contributed by atoms with Crippen LogP contribution in [0.4, 0.5) is 0 Å². The van der Waals surface area contributed by atoms with Crippen molar-refractivity contribution in [2.24, 2.45) is 0 Å². The fourth-order valence-electron chi connectivity index (χ4n) is 1.72. The molecule has 0 bridgehead atoms. The lowest BCUT2D eigenvalue weighted by Gasteiger charge is -2.02. The van der Waals surface area contributed by atoms with Gasteiger partial charge in [0.1, 0.15) is 11.3 Å². The predicted molar refractivity (Wildman–Crippen MR) is 86.6 cm³/mol. The number of rotatable bonds is 5. The first-order valence-electron chi connectivity index (χ1n) is 6.21. The van der Waals surface area contributed by atoms with E-state index in [2.05, 4.69) is 0 Å². The molecule has 110 valence electrons. The fraction of sp³-hybridized carbons (Fsp3) is 0.200. The summed E-state index contributed by atoms with van der Waals surface area (Å²) in [4.78, 5) is 23.4. The van der Waals surface area contributed by atoms with Crippen molar-refractivity contribution in [3.05, 3.63) is 45.7 Å². The van der Waals surface area contributed by atoms with Crippen LogP contribution in [-0.2, 0) is 9.59 Å². The topological polar surface area (TPSA) is 63.6 Å². The Balaban J connectivity index is 2.16. The lowest BCUT2D eigenvalue weighted by Crippen LogP contribution is -2.11. The van der Waals surface area contributed by atoms with Crippen LogP contribution in [0.2, 0.25) is 0 Å². The van der Waals surface area contributed by atoms with E-state index >= 15 is 0 Å². The van der Waals surface area contributed by atoms with Crippen molar-refractivity contribution < 1.29 is 19.4 Å². The number of carbonyl (C=O) groups excluding carboxylic acids is 1. The zero-order valence-corrected chi connectivity index (χ0v) is 13.0. The molecule has 6 heteroatoms. The Bertz CT molecular complexity index is 595. The van der Waals surface area contributed by atoms with Gasteiger partial charge in [-0.1, -0.05) is 18.2 Å². The Kier molecular flexibility index (Phi) is 5.52. The van der Waals surface area contributed by atoms with Gasteiger partial charge >= 0.3 is 5.97 Å². The maximum Gasteiger partial charge on any atom is 0.341 e. The van der Waals surface area contributed by atoms with E-state index in [0.717, 1.165) is 22.8 Å². The highest BCUT2D eigenvalue weighted by molar-refractivity contribution is 8.25. The first-order valence-corrected chi connectivity index (χ1v) is 8.18. The molecule has 1 heterocycles. The Morgan fingerprint density at radius 1 is 1.19 bits per heavy atom. The Morgan fingerprint density at radius 2 is 1.81 bits per heavy atom. The van der Waals surface area contributed by atoms with E-state index in [1.807, 2.05) is 0 Å². The summed E-state index contributed by atoms with van der Waals surface area (Å²) in [5, 5.41) is 9.21. The molecule has 2 rings (SSSR count). The monoisotopic (exact) mass is 322 g/mol. The second kappa shape index (κ2) is 7.38. The van der Waals surface area contributed by atoms with Gasteiger partial charge in [-0.15, -0.1) is 23.5 Å². The minimum absolute atomic E-state index is 0.132. The van der Waals surface area contributed by atoms with Crippen LogP contribution >= 0.6 is 23.5 Å². The molecular formula is C15H14O4S2. The van der Waals surface area contributed by atoms with Crippen LogP contribution in [-0.4, -0.2) is 35.5 Å². The lowest BCUT2D eigenvalue weighted by molar-refractivity contribution is -0.134. The summed E-state index contributed by atoms with van der Waals surface area (Å²) in [6.45, 7) is 0. The molecule has 1 N–H and O–H groups in total. The highest BCUT2D eigenvalue weighted by Crippen LogP contribution is 2.39. The summed E-state index contributed by atoms with van der Waals surface area (Å²) in [5.41, 5.74) is 0.679. The van der Waals surface area contributed by atoms with Crippen LogP contribution in [0.25, 0.3) is 6.08 Å². The molecule has 4 nitrogen and oxygen atoms in total. The van der Waals surface area contributed by atoms with Crippen molar-refractivity contribution in [3.63, 3.8) is 0 Å². The van der Waals surface area contributed by atoms with E-state index in [1.54, 1.807) is 37.5 Å². The molecule has 0 saturated carbocycles. The molecule has 0 spiro atoms. The Labute approximate surface area is 131 Å². The minimum Gasteiger partial charge on any atom is -0.497 e. The highest BCUT2D eigenvalue weighted by atomic mass is 32.2. The number of hydrogen-bond donors (Lipinski definition) is 1. The van der Waals surface area contributed by atoms with E-state index in [-0.39, 0.29) is 5.57 Å². The average molecular weight is 322 g/mol. The van der Waals surface area contributed by atoms with Gasteiger partial charge in [0.25, 0.3) is 0 Å². The quantitative estimate of drug-likeness (QED) is 0.511. The van der Waals surface area contributed by atoms with Crippen molar-refractivity contribution in [3.8, 4) is 5.75 Å². The van der Waals surface area contributed by atoms with Gasteiger partial charge in [-0.3, -0.25) is 4.79 Å². The first kappa shape index (κ1) is 15.7. The summed E-state index contributed by atoms with van der Waals surface area (Å²) in [6.07, 6.45) is 2.91. The van der Waals surface area contributed by atoms with Crippen LogP contribution in [0.3, 0.4) is 0 Å². The molecule has 1 aromatic rings. The van der Waals surface area contributed by atoms with E-state index in [1.165, 1.54) is 29.6 Å². The molecule has 1 aliphatic heterocycles. The average Bonchev–Trinajstić information content (AvgIpc) is 2.99. The van der Waals surface area contributed by atoms with Crippen LogP contribution in [0.5, 0.6) is 5.75 Å². The summed E-state index contributed by atoms with van der Waals surface area (Å²) in [5.74, 6) is 0.760. The Morgan fingerprint density at radius 3 is 2.33 bits per heavy atom.